The first-order valence-electron chi connectivity index (χ1n) is 5.59. The summed E-state index contributed by atoms with van der Waals surface area (Å²) in [6.07, 6.45) is -0.940. The van der Waals surface area contributed by atoms with Crippen molar-refractivity contribution in [1.29, 1.82) is 0 Å². The van der Waals surface area contributed by atoms with E-state index in [1.165, 1.54) is 17.5 Å². The van der Waals surface area contributed by atoms with Crippen LogP contribution in [0.5, 0.6) is 0 Å². The number of hydrogen-bond acceptors (Lipinski definition) is 6. The average Bonchev–Trinajstić information content (AvgIpc) is 2.38. The van der Waals surface area contributed by atoms with Crippen molar-refractivity contribution in [3.8, 4) is 0 Å². The maximum absolute atomic E-state index is 10.4. The minimum atomic E-state index is -1.37. The second kappa shape index (κ2) is 10.8. The third kappa shape index (κ3) is 12.4. The first-order valence-corrected chi connectivity index (χ1v) is 6.57. The maximum atomic E-state index is 10.4. The molecule has 0 unspecified atom stereocenters. The highest BCUT2D eigenvalue weighted by atomic mass is 32.2. The van der Waals surface area contributed by atoms with Gasteiger partial charge in [0, 0.05) is 17.7 Å². The van der Waals surface area contributed by atoms with Crippen LogP contribution in [0.1, 0.15) is 18.4 Å². The number of quaternary nitrogens is 1. The van der Waals surface area contributed by atoms with Gasteiger partial charge < -0.3 is 19.8 Å². The molecule has 1 aromatic carbocycles. The number of carboxylic acid groups (broad SMARTS) is 2. The number of carbonyl (C=O) groups excluding carboxylic acids is 3. The highest BCUT2D eigenvalue weighted by molar-refractivity contribution is 7.97. The van der Waals surface area contributed by atoms with E-state index in [-0.39, 0.29) is 6.03 Å². The molecule has 0 spiro atoms. The fourth-order valence-electron chi connectivity index (χ4n) is 0.978. The van der Waals surface area contributed by atoms with Crippen LogP contribution in [-0.2, 0) is 15.3 Å². The zero-order valence-corrected chi connectivity index (χ0v) is 11.5. The molecule has 0 bridgehead atoms. The molecule has 0 saturated carbocycles. The molecule has 110 valence electrons. The number of carboxylic acids is 2. The minimum absolute atomic E-state index is 0.254. The summed E-state index contributed by atoms with van der Waals surface area (Å²) in [4.78, 5) is 29.4. The van der Waals surface area contributed by atoms with Crippen molar-refractivity contribution in [3.05, 3.63) is 35.9 Å². The molecule has 0 aliphatic carbocycles. The Bertz CT molecular complexity index is 425. The predicted octanol–water partition coefficient (Wildman–Crippen LogP) is -1.95. The van der Waals surface area contributed by atoms with Crippen molar-refractivity contribution in [3.63, 3.8) is 0 Å². The van der Waals surface area contributed by atoms with Crippen molar-refractivity contribution in [2.45, 2.75) is 18.6 Å². The Labute approximate surface area is 120 Å². The van der Waals surface area contributed by atoms with Gasteiger partial charge in [0.1, 0.15) is 0 Å². The zero-order valence-electron chi connectivity index (χ0n) is 10.7. The fourth-order valence-corrected chi connectivity index (χ4v) is 1.57. The molecule has 1 rings (SSSR count). The van der Waals surface area contributed by atoms with Crippen LogP contribution in [0.15, 0.2) is 30.3 Å². The third-order valence-corrected chi connectivity index (χ3v) is 2.65. The van der Waals surface area contributed by atoms with Gasteiger partial charge in [0.05, 0.1) is 0 Å². The number of amides is 2. The molecule has 0 aliphatic rings. The number of nitrogens with one attached hydrogen (secondary N) is 1. The molecule has 8 heteroatoms. The van der Waals surface area contributed by atoms with Gasteiger partial charge in [-0.25, -0.2) is 9.52 Å². The summed E-state index contributed by atoms with van der Waals surface area (Å²) in [5.41, 5.74) is 4.39. The summed E-state index contributed by atoms with van der Waals surface area (Å²) in [5, 5.41) is 19.0. The van der Waals surface area contributed by atoms with Crippen molar-refractivity contribution >= 4 is 29.9 Å². The van der Waals surface area contributed by atoms with E-state index in [9.17, 15) is 24.6 Å². The highest BCUT2D eigenvalue weighted by Gasteiger charge is 1.95. The Hall–Kier alpha value is -2.06. The van der Waals surface area contributed by atoms with Crippen LogP contribution < -0.4 is 20.7 Å². The number of hydrogen-bond donors (Lipinski definition) is 2. The van der Waals surface area contributed by atoms with E-state index in [2.05, 4.69) is 10.5 Å². The zero-order chi connectivity index (χ0) is 15.4. The van der Waals surface area contributed by atoms with E-state index in [0.717, 1.165) is 5.75 Å². The molecule has 0 saturated heterocycles. The lowest BCUT2D eigenvalue weighted by atomic mass is 10.2. The SMILES string of the molecule is O=C([O-])CCC(=O)[O-].[NH3+]C(=O)NSCc1ccccc1. The lowest BCUT2D eigenvalue weighted by Gasteiger charge is -2.00. The highest BCUT2D eigenvalue weighted by Crippen LogP contribution is 2.07. The molecule has 0 radical (unpaired) electrons. The van der Waals surface area contributed by atoms with Gasteiger partial charge in [-0.05, 0) is 30.4 Å². The summed E-state index contributed by atoms with van der Waals surface area (Å²) in [6.45, 7) is 0. The van der Waals surface area contributed by atoms with Gasteiger partial charge >= 0.3 is 6.03 Å². The van der Waals surface area contributed by atoms with Gasteiger partial charge in [0.15, 0.2) is 0 Å². The first kappa shape index (κ1) is 17.9. The molecule has 0 aromatic heterocycles. The Balaban J connectivity index is 0.000000396. The van der Waals surface area contributed by atoms with Gasteiger partial charge in [-0.3, -0.25) is 5.73 Å². The molecule has 1 aromatic rings. The Kier molecular flexibility index (Phi) is 9.71. The normalized spacial score (nSPS) is 9.05. The van der Waals surface area contributed by atoms with Crippen LogP contribution in [-0.4, -0.2) is 18.0 Å². The molecule has 4 N–H and O–H groups in total. The quantitative estimate of drug-likeness (QED) is 0.586. The van der Waals surface area contributed by atoms with E-state index in [0.29, 0.717) is 0 Å². The Morgan fingerprint density at radius 2 is 1.55 bits per heavy atom. The first-order chi connectivity index (χ1) is 9.41. The number of rotatable bonds is 6. The summed E-state index contributed by atoms with van der Waals surface area (Å²) in [5.74, 6) is -1.95. The van der Waals surface area contributed by atoms with E-state index < -0.39 is 24.8 Å². The van der Waals surface area contributed by atoms with Crippen LogP contribution in [0.3, 0.4) is 0 Å². The van der Waals surface area contributed by atoms with Crippen LogP contribution in [0.25, 0.3) is 0 Å². The Morgan fingerprint density at radius 1 is 1.05 bits per heavy atom. The number of urea groups is 1. The lowest BCUT2D eigenvalue weighted by molar-refractivity contribution is -0.315. The minimum Gasteiger partial charge on any atom is -0.550 e. The summed E-state index contributed by atoms with van der Waals surface area (Å²) < 4.78 is 2.56. The van der Waals surface area contributed by atoms with E-state index in [4.69, 9.17) is 0 Å². The molecule has 20 heavy (non-hydrogen) atoms. The van der Waals surface area contributed by atoms with Crippen LogP contribution in [0.4, 0.5) is 4.79 Å². The lowest BCUT2D eigenvalue weighted by Crippen LogP contribution is -2.61. The topological polar surface area (TPSA) is 137 Å². The number of aliphatic carboxylic acids is 2. The predicted molar refractivity (Wildman–Crippen MR) is 68.4 cm³/mol. The summed E-state index contributed by atoms with van der Waals surface area (Å²) >= 11 is 1.35. The van der Waals surface area contributed by atoms with Gasteiger partial charge in [-0.2, -0.15) is 0 Å². The van der Waals surface area contributed by atoms with Gasteiger partial charge in [-0.15, -0.1) is 0 Å². The Morgan fingerprint density at radius 3 is 1.95 bits per heavy atom. The molecule has 0 fully saturated rings. The number of benzene rings is 1. The molecule has 2 amide bonds. The molecule has 0 atom stereocenters. The summed E-state index contributed by atoms with van der Waals surface area (Å²) in [7, 11) is 0. The van der Waals surface area contributed by atoms with Crippen molar-refractivity contribution in [1.82, 2.24) is 4.72 Å². The largest absolute Gasteiger partial charge is 0.550 e. The van der Waals surface area contributed by atoms with Crippen LogP contribution >= 0.6 is 11.9 Å². The average molecular weight is 299 g/mol. The van der Waals surface area contributed by atoms with Crippen molar-refractivity contribution in [2.24, 2.45) is 0 Å². The molecule has 7 nitrogen and oxygen atoms in total. The van der Waals surface area contributed by atoms with E-state index in [1.807, 2.05) is 30.3 Å². The summed E-state index contributed by atoms with van der Waals surface area (Å²) in [6, 6.07) is 9.69. The second-order valence-electron chi connectivity index (χ2n) is 3.54. The molecular weight excluding hydrogens is 284 g/mol. The van der Waals surface area contributed by atoms with E-state index >= 15 is 0 Å². The van der Waals surface area contributed by atoms with Gasteiger partial charge in [0.2, 0.25) is 0 Å². The monoisotopic (exact) mass is 299 g/mol. The molecule has 0 aliphatic heterocycles. The fraction of sp³-hybridized carbons (Fsp3) is 0.250. The van der Waals surface area contributed by atoms with Crippen LogP contribution in [0, 0.1) is 0 Å². The van der Waals surface area contributed by atoms with Crippen LogP contribution in [0.2, 0.25) is 0 Å². The van der Waals surface area contributed by atoms with E-state index in [1.54, 1.807) is 0 Å². The molecule has 0 heterocycles. The third-order valence-electron chi connectivity index (χ3n) is 1.80. The van der Waals surface area contributed by atoms with Gasteiger partial charge in [-0.1, -0.05) is 30.3 Å². The van der Waals surface area contributed by atoms with Crippen molar-refractivity contribution in [2.75, 3.05) is 0 Å². The smallest absolute Gasteiger partial charge is 0.421 e. The van der Waals surface area contributed by atoms with Gasteiger partial charge in [0.25, 0.3) is 0 Å². The standard InChI is InChI=1S/C8H10N2OS.C4H6O4/c9-8(11)10-12-6-7-4-2-1-3-5-7;5-3(6)1-2-4(7)8/h1-5H,6H2,(H3,9,10,11);1-2H2,(H,5,6)(H,7,8)/p-1. The maximum Gasteiger partial charge on any atom is 0.421 e. The second-order valence-corrected chi connectivity index (χ2v) is 4.33. The molecular formula is C12H15N2O5S-. The number of carbonyl (C=O) groups is 3. The van der Waals surface area contributed by atoms with Crippen molar-refractivity contribution < 1.29 is 30.3 Å².